The van der Waals surface area contributed by atoms with Crippen LogP contribution in [0.5, 0.6) is 0 Å². The van der Waals surface area contributed by atoms with E-state index in [1.54, 1.807) is 11.3 Å². The Morgan fingerprint density at radius 1 is 1.39 bits per heavy atom. The maximum absolute atomic E-state index is 5.79. The van der Waals surface area contributed by atoms with Crippen LogP contribution in [0.2, 0.25) is 0 Å². The topological polar surface area (TPSA) is 55.0 Å². The first-order chi connectivity index (χ1) is 10.6. The summed E-state index contributed by atoms with van der Waals surface area (Å²) in [7, 11) is 0. The first-order valence-corrected chi connectivity index (χ1v) is 8.83. The lowest BCUT2D eigenvalue weighted by atomic mass is 9.90. The molecule has 1 aliphatic carbocycles. The summed E-state index contributed by atoms with van der Waals surface area (Å²) in [6.45, 7) is 6.53. The average Bonchev–Trinajstić information content (AvgIpc) is 2.91. The molecule has 0 radical (unpaired) electrons. The highest BCUT2D eigenvalue weighted by Crippen LogP contribution is 2.34. The number of thiazole rings is 1. The maximum atomic E-state index is 5.79. The summed E-state index contributed by atoms with van der Waals surface area (Å²) in [5, 5.41) is 0.654. The van der Waals surface area contributed by atoms with Crippen LogP contribution < -0.4 is 5.73 Å². The predicted octanol–water partition coefficient (Wildman–Crippen LogP) is 4.08. The van der Waals surface area contributed by atoms with Gasteiger partial charge in [0, 0.05) is 30.4 Å². The summed E-state index contributed by atoms with van der Waals surface area (Å²) >= 11 is 1.59. The Kier molecular flexibility index (Phi) is 6.39. The molecule has 0 saturated carbocycles. The van der Waals surface area contributed by atoms with E-state index >= 15 is 0 Å². The van der Waals surface area contributed by atoms with Crippen LogP contribution in [-0.4, -0.2) is 21.4 Å². The van der Waals surface area contributed by atoms with E-state index in [4.69, 9.17) is 10.7 Å². The van der Waals surface area contributed by atoms with E-state index in [0.29, 0.717) is 17.1 Å². The number of aromatic nitrogens is 2. The molecule has 1 aliphatic rings. The number of fused-ring (bicyclic) bond motifs is 1. The molecule has 0 aromatic carbocycles. The molecule has 1 unspecified atom stereocenters. The van der Waals surface area contributed by atoms with E-state index in [-0.39, 0.29) is 12.4 Å². The monoisotopic (exact) mass is 352 g/mol. The fraction of sp³-hybridized carbons (Fsp3) is 0.529. The summed E-state index contributed by atoms with van der Waals surface area (Å²) in [5.41, 5.74) is 8.47. The van der Waals surface area contributed by atoms with Gasteiger partial charge in [0.25, 0.3) is 0 Å². The number of nitrogen functional groups attached to an aromatic ring is 1. The van der Waals surface area contributed by atoms with E-state index in [1.165, 1.54) is 29.0 Å². The third-order valence-corrected chi connectivity index (χ3v) is 4.95. The van der Waals surface area contributed by atoms with E-state index in [0.717, 1.165) is 19.5 Å². The molecule has 126 valence electrons. The molecule has 0 saturated heterocycles. The second kappa shape index (κ2) is 8.08. The summed E-state index contributed by atoms with van der Waals surface area (Å²) in [6, 6.07) is 4.70. The van der Waals surface area contributed by atoms with Gasteiger partial charge in [-0.1, -0.05) is 19.9 Å². The highest BCUT2D eigenvalue weighted by molar-refractivity contribution is 7.15. The summed E-state index contributed by atoms with van der Waals surface area (Å²) in [6.07, 6.45) is 7.42. The van der Waals surface area contributed by atoms with Crippen molar-refractivity contribution in [2.24, 2.45) is 5.92 Å². The smallest absolute Gasteiger partial charge is 0.180 e. The van der Waals surface area contributed by atoms with Gasteiger partial charge in [-0.05, 0) is 36.8 Å². The Bertz CT molecular complexity index is 629. The van der Waals surface area contributed by atoms with E-state index in [9.17, 15) is 0 Å². The van der Waals surface area contributed by atoms with Crippen molar-refractivity contribution in [2.45, 2.75) is 45.7 Å². The van der Waals surface area contributed by atoms with Gasteiger partial charge in [-0.15, -0.1) is 23.7 Å². The molecule has 1 atom stereocenters. The Labute approximate surface area is 148 Å². The molecule has 3 rings (SSSR count). The number of hydrogen-bond donors (Lipinski definition) is 1. The zero-order chi connectivity index (χ0) is 15.5. The SMILES string of the molecule is CC(C)CN(Cc1cnc(N)s1)C1CCCc2cccnc21.Cl. The number of anilines is 1. The Hall–Kier alpha value is -1.17. The second-order valence-corrected chi connectivity index (χ2v) is 7.59. The summed E-state index contributed by atoms with van der Waals surface area (Å²) in [5.74, 6) is 0.624. The molecule has 0 aliphatic heterocycles. The predicted molar refractivity (Wildman–Crippen MR) is 98.9 cm³/mol. The van der Waals surface area contributed by atoms with Gasteiger partial charge < -0.3 is 5.73 Å². The van der Waals surface area contributed by atoms with Crippen molar-refractivity contribution in [3.63, 3.8) is 0 Å². The number of nitrogens with zero attached hydrogens (tertiary/aromatic N) is 3. The van der Waals surface area contributed by atoms with Crippen molar-refractivity contribution < 1.29 is 0 Å². The third kappa shape index (κ3) is 4.43. The molecule has 2 heterocycles. The lowest BCUT2D eigenvalue weighted by Crippen LogP contribution is -2.34. The number of nitrogens with two attached hydrogens (primary N) is 1. The second-order valence-electron chi connectivity index (χ2n) is 6.44. The van der Waals surface area contributed by atoms with Crippen molar-refractivity contribution in [3.8, 4) is 0 Å². The van der Waals surface area contributed by atoms with Gasteiger partial charge in [-0.3, -0.25) is 9.88 Å². The Morgan fingerprint density at radius 3 is 2.91 bits per heavy atom. The number of rotatable bonds is 5. The largest absolute Gasteiger partial charge is 0.375 e. The molecule has 0 amide bonds. The standard InChI is InChI=1S/C17H24N4S.ClH/c1-12(2)10-21(11-14-9-20-17(18)22-14)15-7-3-5-13-6-4-8-19-16(13)15;/h4,6,8-9,12,15H,3,5,7,10-11H2,1-2H3,(H2,18,20);1H. The molecular weight excluding hydrogens is 328 g/mol. The normalized spacial score (nSPS) is 17.1. The quantitative estimate of drug-likeness (QED) is 0.880. The molecule has 4 nitrogen and oxygen atoms in total. The van der Waals surface area contributed by atoms with E-state index in [2.05, 4.69) is 35.9 Å². The lowest BCUT2D eigenvalue weighted by molar-refractivity contribution is 0.148. The molecule has 6 heteroatoms. The van der Waals surface area contributed by atoms with Crippen LogP contribution >= 0.6 is 23.7 Å². The molecule has 0 bridgehead atoms. The van der Waals surface area contributed by atoms with Crippen molar-refractivity contribution in [1.82, 2.24) is 14.9 Å². The minimum Gasteiger partial charge on any atom is -0.375 e. The van der Waals surface area contributed by atoms with Crippen molar-refractivity contribution in [2.75, 3.05) is 12.3 Å². The van der Waals surface area contributed by atoms with Gasteiger partial charge >= 0.3 is 0 Å². The first-order valence-electron chi connectivity index (χ1n) is 8.01. The number of halogens is 1. The zero-order valence-electron chi connectivity index (χ0n) is 13.7. The fourth-order valence-corrected chi connectivity index (χ4v) is 4.02. The average molecular weight is 353 g/mol. The summed E-state index contributed by atoms with van der Waals surface area (Å²) < 4.78 is 0. The van der Waals surface area contributed by atoms with Crippen molar-refractivity contribution >= 4 is 28.9 Å². The lowest BCUT2D eigenvalue weighted by Gasteiger charge is -2.35. The number of aryl methyl sites for hydroxylation is 1. The van der Waals surface area contributed by atoms with Crippen LogP contribution in [0, 0.1) is 5.92 Å². The van der Waals surface area contributed by atoms with Gasteiger partial charge in [-0.2, -0.15) is 0 Å². The van der Waals surface area contributed by atoms with Gasteiger partial charge in [0.2, 0.25) is 0 Å². The number of hydrogen-bond acceptors (Lipinski definition) is 5. The van der Waals surface area contributed by atoms with Gasteiger partial charge in [0.15, 0.2) is 5.13 Å². The van der Waals surface area contributed by atoms with Crippen LogP contribution in [0.4, 0.5) is 5.13 Å². The summed E-state index contributed by atoms with van der Waals surface area (Å²) in [4.78, 5) is 12.7. The maximum Gasteiger partial charge on any atom is 0.180 e. The van der Waals surface area contributed by atoms with E-state index < -0.39 is 0 Å². The highest BCUT2D eigenvalue weighted by Gasteiger charge is 2.27. The minimum atomic E-state index is 0. The molecule has 0 spiro atoms. The van der Waals surface area contributed by atoms with Crippen molar-refractivity contribution in [3.05, 3.63) is 40.7 Å². The van der Waals surface area contributed by atoms with Crippen LogP contribution in [-0.2, 0) is 13.0 Å². The van der Waals surface area contributed by atoms with Crippen LogP contribution in [0.1, 0.15) is 48.9 Å². The van der Waals surface area contributed by atoms with Crippen LogP contribution in [0.15, 0.2) is 24.5 Å². The molecular formula is C17H25ClN4S. The molecule has 2 aromatic heterocycles. The van der Waals surface area contributed by atoms with Gasteiger partial charge in [0.1, 0.15) is 0 Å². The van der Waals surface area contributed by atoms with Crippen LogP contribution in [0.25, 0.3) is 0 Å². The fourth-order valence-electron chi connectivity index (χ4n) is 3.31. The highest BCUT2D eigenvalue weighted by atomic mass is 35.5. The van der Waals surface area contributed by atoms with E-state index in [1.807, 2.05) is 12.4 Å². The molecule has 0 fully saturated rings. The zero-order valence-corrected chi connectivity index (χ0v) is 15.4. The first kappa shape index (κ1) is 18.2. The third-order valence-electron chi connectivity index (χ3n) is 4.14. The van der Waals surface area contributed by atoms with Gasteiger partial charge in [0.05, 0.1) is 11.7 Å². The number of pyridine rings is 1. The van der Waals surface area contributed by atoms with Gasteiger partial charge in [-0.25, -0.2) is 4.98 Å². The molecule has 23 heavy (non-hydrogen) atoms. The Morgan fingerprint density at radius 2 is 2.22 bits per heavy atom. The van der Waals surface area contributed by atoms with Crippen LogP contribution in [0.3, 0.4) is 0 Å². The van der Waals surface area contributed by atoms with Crippen molar-refractivity contribution in [1.29, 1.82) is 0 Å². The minimum absolute atomic E-state index is 0. The molecule has 2 aromatic rings. The Balaban J connectivity index is 0.00000192. The molecule has 2 N–H and O–H groups in total.